The second-order valence-electron chi connectivity index (χ2n) is 16.3. The molecule has 58 heavy (non-hydrogen) atoms. The predicted molar refractivity (Wildman–Crippen MR) is 231 cm³/mol. The number of phenolic OH excluding ortho intramolecular Hbond substituents is 2. The Bertz CT molecular complexity index is 2630. The molecule has 0 amide bonds. The van der Waals surface area contributed by atoms with E-state index < -0.39 is 16.7 Å². The smallest absolute Gasteiger partial charge is 0.263 e. The van der Waals surface area contributed by atoms with Gasteiger partial charge in [-0.3, -0.25) is 28.5 Å². The van der Waals surface area contributed by atoms with E-state index in [2.05, 4.69) is 5.32 Å². The molecule has 1 aliphatic heterocycles. The van der Waals surface area contributed by atoms with E-state index >= 15 is 0 Å². The highest BCUT2D eigenvalue weighted by atomic mass is 16.3. The Morgan fingerprint density at radius 3 is 1.76 bits per heavy atom. The number of likely N-dealkylation sites (N-methyl/N-ethyl adjacent to an activating group) is 2. The van der Waals surface area contributed by atoms with Crippen molar-refractivity contribution in [1.82, 2.24) is 28.7 Å². The number of hydrogen-bond donors (Lipinski definition) is 4. The van der Waals surface area contributed by atoms with Crippen LogP contribution in [0.4, 0.5) is 5.69 Å². The maximum atomic E-state index is 14.5. The van der Waals surface area contributed by atoms with Gasteiger partial charge in [-0.25, -0.2) is 0 Å². The zero-order chi connectivity index (χ0) is 42.0. The fraction of sp³-hybridized carbons (Fsp3) is 0.409. The number of benzene rings is 4. The summed E-state index contributed by atoms with van der Waals surface area (Å²) in [6, 6.07) is 14.3. The molecule has 0 radical (unpaired) electrons. The standard InChI is InChI=1S/C44H56N8O6/c1-47(2)17-19-51-41(55)31-23-34(46-16-14-28-10-12-36(54)30(22-28)26-50(7)8)40-38-32(42(56)52(44(40)58)20-18-48(3)4)24-33(39(37(31)38)43(51)57)45-15-13-27-9-11-35(53)29(21-27)25-49(5)6/h9-12,21-24,45,53-54,58H,13-20,25-26H2,1-8H3. The topological polar surface area (TPSA) is 159 Å². The molecule has 2 aliphatic rings. The number of nitrogens with zero attached hydrogens (tertiary/aromatic N) is 7. The molecule has 4 N–H and O–H groups in total. The molecule has 0 saturated carbocycles. The van der Waals surface area contributed by atoms with Gasteiger partial charge in [-0.1, -0.05) is 24.3 Å². The number of pyridine rings is 2. The highest BCUT2D eigenvalue weighted by Gasteiger charge is 2.29. The summed E-state index contributed by atoms with van der Waals surface area (Å²) in [5.41, 5.74) is 3.10. The molecule has 1 aromatic heterocycles. The second kappa shape index (κ2) is 17.5. The third-order valence-electron chi connectivity index (χ3n) is 10.5. The van der Waals surface area contributed by atoms with Gasteiger partial charge in [0, 0.05) is 80.1 Å². The Morgan fingerprint density at radius 1 is 0.621 bits per heavy atom. The van der Waals surface area contributed by atoms with Crippen LogP contribution >= 0.6 is 0 Å². The molecule has 2 heterocycles. The average molecular weight is 793 g/mol. The summed E-state index contributed by atoms with van der Waals surface area (Å²) in [4.78, 5) is 56.1. The van der Waals surface area contributed by atoms with E-state index in [1.165, 1.54) is 9.13 Å². The molecule has 3 aromatic carbocycles. The first-order valence-corrected chi connectivity index (χ1v) is 19.6. The Hall–Kier alpha value is -5.54. The lowest BCUT2D eigenvalue weighted by molar-refractivity contribution is 0.353. The lowest BCUT2D eigenvalue weighted by Crippen LogP contribution is -2.39. The quantitative estimate of drug-likeness (QED) is 0.101. The van der Waals surface area contributed by atoms with Crippen LogP contribution in [0.1, 0.15) is 22.3 Å². The van der Waals surface area contributed by atoms with Crippen molar-refractivity contribution in [3.63, 3.8) is 0 Å². The van der Waals surface area contributed by atoms with Gasteiger partial charge in [0.2, 0.25) is 5.88 Å². The number of hydrogen-bond acceptors (Lipinski definition) is 12. The van der Waals surface area contributed by atoms with Gasteiger partial charge in [-0.2, -0.15) is 0 Å². The van der Waals surface area contributed by atoms with Gasteiger partial charge < -0.3 is 40.2 Å². The molecule has 0 atom stereocenters. The predicted octanol–water partition coefficient (Wildman–Crippen LogP) is 2.82. The van der Waals surface area contributed by atoms with Crippen LogP contribution in [0.3, 0.4) is 0 Å². The van der Waals surface area contributed by atoms with Crippen LogP contribution < -0.4 is 27.4 Å². The molecule has 0 unspecified atom stereocenters. The zero-order valence-corrected chi connectivity index (χ0v) is 34.9. The molecule has 0 spiro atoms. The van der Waals surface area contributed by atoms with Gasteiger partial charge in [0.15, 0.2) is 0 Å². The molecule has 14 heteroatoms. The van der Waals surface area contributed by atoms with Crippen LogP contribution in [-0.4, -0.2) is 127 Å². The average Bonchev–Trinajstić information content (AvgIpc) is 3.15. The van der Waals surface area contributed by atoms with Gasteiger partial charge in [0.25, 0.3) is 16.7 Å². The largest absolute Gasteiger partial charge is 0.508 e. The fourth-order valence-corrected chi connectivity index (χ4v) is 7.60. The Kier molecular flexibility index (Phi) is 12.7. The minimum Gasteiger partial charge on any atom is -0.508 e. The van der Waals surface area contributed by atoms with Crippen molar-refractivity contribution in [2.24, 2.45) is 4.99 Å². The van der Waals surface area contributed by atoms with Crippen molar-refractivity contribution in [2.45, 2.75) is 39.0 Å². The van der Waals surface area contributed by atoms with E-state index in [1.54, 1.807) is 24.3 Å². The van der Waals surface area contributed by atoms with Gasteiger partial charge >= 0.3 is 0 Å². The van der Waals surface area contributed by atoms with E-state index in [1.807, 2.05) is 100 Å². The summed E-state index contributed by atoms with van der Waals surface area (Å²) in [6.07, 6.45) is 1.06. The lowest BCUT2D eigenvalue weighted by atomic mass is 9.89. The van der Waals surface area contributed by atoms with Crippen molar-refractivity contribution >= 4 is 27.2 Å². The molecule has 0 fully saturated rings. The van der Waals surface area contributed by atoms with E-state index in [-0.39, 0.29) is 53.3 Å². The number of rotatable bonds is 17. The molecular weight excluding hydrogens is 737 g/mol. The molecule has 0 saturated heterocycles. The highest BCUT2D eigenvalue weighted by Crippen LogP contribution is 2.40. The van der Waals surface area contributed by atoms with Crippen LogP contribution in [0.2, 0.25) is 0 Å². The van der Waals surface area contributed by atoms with E-state index in [0.717, 1.165) is 22.3 Å². The second-order valence-corrected chi connectivity index (χ2v) is 16.3. The first-order chi connectivity index (χ1) is 27.5. The van der Waals surface area contributed by atoms with Crippen molar-refractivity contribution in [1.29, 1.82) is 0 Å². The van der Waals surface area contributed by atoms with Gasteiger partial charge in [0.05, 0.1) is 27.1 Å². The summed E-state index contributed by atoms with van der Waals surface area (Å²) in [7, 11) is 15.3. The first-order valence-electron chi connectivity index (χ1n) is 19.6. The lowest BCUT2D eigenvalue weighted by Gasteiger charge is -2.23. The van der Waals surface area contributed by atoms with Crippen molar-refractivity contribution in [2.75, 3.05) is 87.9 Å². The summed E-state index contributed by atoms with van der Waals surface area (Å²) in [5.74, 6) is 0.163. The van der Waals surface area contributed by atoms with Crippen molar-refractivity contribution in [3.8, 4) is 28.5 Å². The highest BCUT2D eigenvalue weighted by molar-refractivity contribution is 6.18. The number of anilines is 1. The fourth-order valence-electron chi connectivity index (χ4n) is 7.60. The van der Waals surface area contributed by atoms with Crippen molar-refractivity contribution < 1.29 is 15.3 Å². The number of aromatic hydroxyl groups is 3. The monoisotopic (exact) mass is 792 g/mol. The summed E-state index contributed by atoms with van der Waals surface area (Å²) in [6.45, 7) is 3.07. The number of nitrogens with one attached hydrogen (secondary N) is 1. The summed E-state index contributed by atoms with van der Waals surface area (Å²) >= 11 is 0. The van der Waals surface area contributed by atoms with Crippen LogP contribution in [-0.2, 0) is 39.0 Å². The maximum absolute atomic E-state index is 14.5. The molecular formula is C44H56N8O6. The van der Waals surface area contributed by atoms with E-state index in [9.17, 15) is 29.7 Å². The van der Waals surface area contributed by atoms with Crippen LogP contribution in [0.5, 0.6) is 17.4 Å². The number of aromatic nitrogens is 2. The third kappa shape index (κ3) is 8.80. The Labute approximate surface area is 338 Å². The van der Waals surface area contributed by atoms with Crippen LogP contribution in [0.25, 0.3) is 32.7 Å². The third-order valence-corrected chi connectivity index (χ3v) is 10.5. The van der Waals surface area contributed by atoms with Gasteiger partial charge in [0.1, 0.15) is 11.5 Å². The molecule has 0 bridgehead atoms. The van der Waals surface area contributed by atoms with Crippen molar-refractivity contribution in [3.05, 3.63) is 107 Å². The van der Waals surface area contributed by atoms with Crippen LogP contribution in [0, 0.1) is 0 Å². The Morgan fingerprint density at radius 2 is 1.19 bits per heavy atom. The SMILES string of the molecule is CN(C)CCn1c(O)c2c(=NCCc3ccc(O)c(CN(C)C)c3)cc3c(=O)n(CCN(C)C)c(=O)c4c(NCCc5ccc(O)c(CN(C)C)c5)cc(c1=O)c2c4-3. The molecule has 1 aliphatic carbocycles. The zero-order valence-electron chi connectivity index (χ0n) is 34.9. The minimum absolute atomic E-state index is 0.147. The number of phenols is 2. The van der Waals surface area contributed by atoms with E-state index in [4.69, 9.17) is 4.99 Å². The molecule has 4 aromatic rings. The summed E-state index contributed by atoms with van der Waals surface area (Å²) in [5, 5.41) is 37.8. The van der Waals surface area contributed by atoms with Gasteiger partial charge in [-0.15, -0.1) is 0 Å². The Balaban J connectivity index is 1.56. The van der Waals surface area contributed by atoms with Crippen LogP contribution in [0.15, 0.2) is 67.9 Å². The normalized spacial score (nSPS) is 12.6. The first kappa shape index (κ1) is 42.1. The maximum Gasteiger partial charge on any atom is 0.263 e. The van der Waals surface area contributed by atoms with Gasteiger partial charge in [-0.05, 0) is 105 Å². The summed E-state index contributed by atoms with van der Waals surface area (Å²) < 4.78 is 2.59. The van der Waals surface area contributed by atoms with E-state index in [0.29, 0.717) is 72.9 Å². The molecule has 6 rings (SSSR count). The minimum atomic E-state index is -0.489. The molecule has 308 valence electrons. The molecule has 14 nitrogen and oxygen atoms in total.